The highest BCUT2D eigenvalue weighted by Gasteiger charge is 2.50. The van der Waals surface area contributed by atoms with Gasteiger partial charge in [0.1, 0.15) is 5.82 Å². The highest BCUT2D eigenvalue weighted by molar-refractivity contribution is 6.30. The zero-order valence-electron chi connectivity index (χ0n) is 17.7. The van der Waals surface area contributed by atoms with Crippen LogP contribution in [0, 0.1) is 17.7 Å². The molecule has 0 aromatic heterocycles. The number of halogens is 4. The van der Waals surface area contributed by atoms with Crippen molar-refractivity contribution in [1.82, 2.24) is 0 Å². The Morgan fingerprint density at radius 3 is 2.27 bits per heavy atom. The monoisotopic (exact) mass is 483 g/mol. The van der Waals surface area contributed by atoms with Gasteiger partial charge in [-0.05, 0) is 73.4 Å². The molecule has 1 amide bonds. The van der Waals surface area contributed by atoms with E-state index in [9.17, 15) is 18.0 Å². The molecule has 33 heavy (non-hydrogen) atoms. The molecule has 0 spiro atoms. The number of nitrogens with one attached hydrogen (secondary N) is 1. The number of anilines is 1. The van der Waals surface area contributed by atoms with Gasteiger partial charge in [0.25, 0.3) is 5.92 Å². The normalized spacial score (nSPS) is 19.8. The van der Waals surface area contributed by atoms with Gasteiger partial charge in [-0.1, -0.05) is 29.8 Å². The van der Waals surface area contributed by atoms with Crippen LogP contribution in [0.5, 0.6) is 0 Å². The van der Waals surface area contributed by atoms with Crippen molar-refractivity contribution < 1.29 is 33.0 Å². The summed E-state index contributed by atoms with van der Waals surface area (Å²) in [7, 11) is 0. The van der Waals surface area contributed by atoms with Gasteiger partial charge in [-0.3, -0.25) is 4.79 Å². The molecule has 2 aliphatic carbocycles. The second kappa shape index (κ2) is 10.5. The maximum Gasteiger partial charge on any atom is 0.503 e. The predicted molar refractivity (Wildman–Crippen MR) is 119 cm³/mol. The van der Waals surface area contributed by atoms with Gasteiger partial charge in [-0.15, -0.1) is 0 Å². The van der Waals surface area contributed by atoms with Crippen LogP contribution >= 0.6 is 11.6 Å². The molecule has 3 N–H and O–H groups in total. The third kappa shape index (κ3) is 6.87. The van der Waals surface area contributed by atoms with Crippen LogP contribution in [0.1, 0.15) is 49.1 Å². The van der Waals surface area contributed by atoms with Gasteiger partial charge in [0.2, 0.25) is 5.91 Å². The molecule has 2 atom stereocenters. The second-order valence-corrected chi connectivity index (χ2v) is 8.96. The Morgan fingerprint density at radius 1 is 1.09 bits per heavy atom. The number of carboxylic acid groups (broad SMARTS) is 2. The summed E-state index contributed by atoms with van der Waals surface area (Å²) in [6.45, 7) is 0. The van der Waals surface area contributed by atoms with Crippen molar-refractivity contribution >= 4 is 29.4 Å². The summed E-state index contributed by atoms with van der Waals surface area (Å²) < 4.78 is 43.4. The van der Waals surface area contributed by atoms with E-state index in [0.717, 1.165) is 24.8 Å². The zero-order valence-corrected chi connectivity index (χ0v) is 18.5. The van der Waals surface area contributed by atoms with Gasteiger partial charge in [-0.2, -0.15) is 0 Å². The van der Waals surface area contributed by atoms with Crippen LogP contribution in [0.15, 0.2) is 42.5 Å². The van der Waals surface area contributed by atoms with Crippen LogP contribution in [0.2, 0.25) is 5.02 Å². The minimum absolute atomic E-state index is 0.0495. The van der Waals surface area contributed by atoms with Crippen molar-refractivity contribution in [3.63, 3.8) is 0 Å². The standard InChI is InChI=1S/C23H23ClF3NO.CH2O3/c24-17-8-6-16(7-9-17)21(18-2-1-11-23(18,26)27)22(29)28-20-13-15(5-10-19(20)25)12-14-3-4-14;2-1(3)4/h5-10,13-14,18,21H,1-4,11-12H2,(H,28,29);(H2,2,3,4). The van der Waals surface area contributed by atoms with E-state index in [4.69, 9.17) is 26.6 Å². The van der Waals surface area contributed by atoms with Crippen LogP contribution in [0.25, 0.3) is 0 Å². The average molecular weight is 484 g/mol. The molecule has 5 nitrogen and oxygen atoms in total. The minimum atomic E-state index is -2.94. The van der Waals surface area contributed by atoms with Crippen LogP contribution in [0.3, 0.4) is 0 Å². The lowest BCUT2D eigenvalue weighted by Crippen LogP contribution is -2.35. The van der Waals surface area contributed by atoms with Crippen molar-refractivity contribution in [2.75, 3.05) is 5.32 Å². The lowest BCUT2D eigenvalue weighted by molar-refractivity contribution is -0.123. The van der Waals surface area contributed by atoms with Gasteiger partial charge in [0.15, 0.2) is 0 Å². The number of carbonyl (C=O) groups excluding carboxylic acids is 1. The maximum absolute atomic E-state index is 14.5. The first kappa shape index (κ1) is 24.9. The molecule has 0 heterocycles. The Morgan fingerprint density at radius 2 is 1.73 bits per heavy atom. The van der Waals surface area contributed by atoms with E-state index >= 15 is 0 Å². The average Bonchev–Trinajstić information content (AvgIpc) is 3.47. The summed E-state index contributed by atoms with van der Waals surface area (Å²) >= 11 is 5.93. The molecule has 4 rings (SSSR count). The number of hydrogen-bond acceptors (Lipinski definition) is 2. The lowest BCUT2D eigenvalue weighted by Gasteiger charge is -2.28. The highest BCUT2D eigenvalue weighted by Crippen LogP contribution is 2.48. The summed E-state index contributed by atoms with van der Waals surface area (Å²) in [6.07, 6.45) is 1.70. The number of amides is 1. The number of carbonyl (C=O) groups is 2. The van der Waals surface area contributed by atoms with Crippen LogP contribution in [-0.2, 0) is 11.2 Å². The minimum Gasteiger partial charge on any atom is -0.450 e. The molecule has 2 unspecified atom stereocenters. The van der Waals surface area contributed by atoms with Gasteiger partial charge >= 0.3 is 6.16 Å². The van der Waals surface area contributed by atoms with Crippen LogP contribution in [0.4, 0.5) is 23.7 Å². The van der Waals surface area contributed by atoms with Crippen molar-refractivity contribution in [1.29, 1.82) is 0 Å². The first-order chi connectivity index (χ1) is 15.6. The molecule has 0 radical (unpaired) electrons. The van der Waals surface area contributed by atoms with Gasteiger partial charge in [0, 0.05) is 17.4 Å². The topological polar surface area (TPSA) is 86.6 Å². The fourth-order valence-corrected chi connectivity index (χ4v) is 4.39. The molecule has 2 aromatic carbocycles. The smallest absolute Gasteiger partial charge is 0.450 e. The molecule has 178 valence electrons. The van der Waals surface area contributed by atoms with E-state index in [1.54, 1.807) is 36.4 Å². The summed E-state index contributed by atoms with van der Waals surface area (Å²) in [4.78, 5) is 21.7. The molecular formula is C24H25ClF3NO4. The second-order valence-electron chi connectivity index (χ2n) is 8.52. The SMILES string of the molecule is O=C(Nc1cc(CC2CC2)ccc1F)C(c1ccc(Cl)cc1)C1CCCC1(F)F.O=C(O)O. The first-order valence-corrected chi connectivity index (χ1v) is 11.1. The number of rotatable bonds is 6. The van der Waals surface area contributed by atoms with Crippen molar-refractivity contribution in [2.45, 2.75) is 50.4 Å². The van der Waals surface area contributed by atoms with Crippen molar-refractivity contribution in [3.8, 4) is 0 Å². The van der Waals surface area contributed by atoms with E-state index in [1.165, 1.54) is 6.07 Å². The Kier molecular flexibility index (Phi) is 7.89. The fraction of sp³-hybridized carbons (Fsp3) is 0.417. The highest BCUT2D eigenvalue weighted by atomic mass is 35.5. The molecule has 2 fully saturated rings. The van der Waals surface area contributed by atoms with E-state index < -0.39 is 35.6 Å². The Labute approximate surface area is 194 Å². The largest absolute Gasteiger partial charge is 0.503 e. The van der Waals surface area contributed by atoms with Gasteiger partial charge in [0.05, 0.1) is 11.6 Å². The number of alkyl halides is 2. The third-order valence-corrected chi connectivity index (χ3v) is 6.24. The van der Waals surface area contributed by atoms with E-state index in [-0.39, 0.29) is 18.5 Å². The summed E-state index contributed by atoms with van der Waals surface area (Å²) in [6, 6.07) is 11.0. The molecule has 0 aliphatic heterocycles. The predicted octanol–water partition coefficient (Wildman–Crippen LogP) is 6.81. The Hall–Kier alpha value is -2.74. The fourth-order valence-electron chi connectivity index (χ4n) is 4.26. The van der Waals surface area contributed by atoms with Crippen molar-refractivity contribution in [3.05, 3.63) is 64.4 Å². The summed E-state index contributed by atoms with van der Waals surface area (Å²) in [5.74, 6) is -5.69. The quantitative estimate of drug-likeness (QED) is 0.421. The lowest BCUT2D eigenvalue weighted by atomic mass is 9.82. The van der Waals surface area contributed by atoms with Crippen LogP contribution in [-0.4, -0.2) is 28.2 Å². The molecule has 2 aliphatic rings. The van der Waals surface area contributed by atoms with Crippen LogP contribution < -0.4 is 5.32 Å². The van der Waals surface area contributed by atoms with E-state index in [2.05, 4.69) is 5.32 Å². The first-order valence-electron chi connectivity index (χ1n) is 10.7. The molecule has 2 saturated carbocycles. The molecular weight excluding hydrogens is 459 g/mol. The van der Waals surface area contributed by atoms with Crippen molar-refractivity contribution in [2.24, 2.45) is 11.8 Å². The third-order valence-electron chi connectivity index (χ3n) is 5.99. The Balaban J connectivity index is 0.000000709. The number of hydrogen-bond donors (Lipinski definition) is 3. The van der Waals surface area contributed by atoms with E-state index in [1.807, 2.05) is 0 Å². The van der Waals surface area contributed by atoms with E-state index in [0.29, 0.717) is 22.9 Å². The molecule has 0 bridgehead atoms. The molecule has 0 saturated heterocycles. The van der Waals surface area contributed by atoms with Gasteiger partial charge < -0.3 is 15.5 Å². The zero-order chi connectivity index (χ0) is 24.2. The Bertz CT molecular complexity index is 992. The molecule has 2 aromatic rings. The maximum atomic E-state index is 14.5. The summed E-state index contributed by atoms with van der Waals surface area (Å²) in [5, 5.41) is 17.0. The summed E-state index contributed by atoms with van der Waals surface area (Å²) in [5.41, 5.74) is 1.46. The number of benzene rings is 2. The molecule has 9 heteroatoms. The van der Waals surface area contributed by atoms with Gasteiger partial charge in [-0.25, -0.2) is 18.0 Å².